The van der Waals surface area contributed by atoms with Gasteiger partial charge in [0.1, 0.15) is 6.10 Å². The minimum atomic E-state index is -0.218. The van der Waals surface area contributed by atoms with Crippen molar-refractivity contribution in [1.82, 2.24) is 0 Å². The van der Waals surface area contributed by atoms with E-state index < -0.39 is 0 Å². The Balaban J connectivity index is 2.41. The average Bonchev–Trinajstić information content (AvgIpc) is 2.16. The van der Waals surface area contributed by atoms with Crippen molar-refractivity contribution in [1.29, 1.82) is 0 Å². The summed E-state index contributed by atoms with van der Waals surface area (Å²) in [4.78, 5) is 10.8. The van der Waals surface area contributed by atoms with Gasteiger partial charge < -0.3 is 9.47 Å². The maximum absolute atomic E-state index is 10.8. The van der Waals surface area contributed by atoms with Crippen molar-refractivity contribution in [2.75, 3.05) is 6.61 Å². The molecule has 14 heavy (non-hydrogen) atoms. The molecule has 0 spiro atoms. The molecule has 0 aromatic heterocycles. The van der Waals surface area contributed by atoms with Crippen LogP contribution in [0.25, 0.3) is 0 Å². The van der Waals surface area contributed by atoms with Gasteiger partial charge in [-0.2, -0.15) is 0 Å². The summed E-state index contributed by atoms with van der Waals surface area (Å²) >= 11 is 0. The molecule has 0 amide bonds. The zero-order chi connectivity index (χ0) is 10.4. The van der Waals surface area contributed by atoms with Crippen molar-refractivity contribution < 1.29 is 14.3 Å². The standard InChI is InChI=1S/C11H18O3/c1-3-8-13-10-6-4-5-7-11(10)14-9(2)12/h3,10-11H,1,4-8H2,2H3/t10-,11-/m1/s1. The molecule has 1 aliphatic rings. The number of hydrogen-bond donors (Lipinski definition) is 0. The summed E-state index contributed by atoms with van der Waals surface area (Å²) in [6.07, 6.45) is 5.89. The largest absolute Gasteiger partial charge is 0.460 e. The van der Waals surface area contributed by atoms with Crippen LogP contribution < -0.4 is 0 Å². The maximum atomic E-state index is 10.8. The summed E-state index contributed by atoms with van der Waals surface area (Å²) in [7, 11) is 0. The molecule has 0 aromatic carbocycles. The van der Waals surface area contributed by atoms with Gasteiger partial charge in [-0.15, -0.1) is 6.58 Å². The number of ether oxygens (including phenoxy) is 2. The smallest absolute Gasteiger partial charge is 0.302 e. The molecular weight excluding hydrogens is 180 g/mol. The lowest BCUT2D eigenvalue weighted by atomic mass is 9.94. The molecule has 1 rings (SSSR count). The third-order valence-electron chi connectivity index (χ3n) is 2.39. The highest BCUT2D eigenvalue weighted by atomic mass is 16.6. The molecular formula is C11H18O3. The third-order valence-corrected chi connectivity index (χ3v) is 2.39. The second kappa shape index (κ2) is 5.81. The summed E-state index contributed by atoms with van der Waals surface area (Å²) in [5, 5.41) is 0. The van der Waals surface area contributed by atoms with Crippen LogP contribution in [-0.2, 0) is 14.3 Å². The first-order valence-corrected chi connectivity index (χ1v) is 5.13. The van der Waals surface area contributed by atoms with Gasteiger partial charge in [-0.3, -0.25) is 4.79 Å². The molecule has 0 unspecified atom stereocenters. The van der Waals surface area contributed by atoms with Gasteiger partial charge in [-0.25, -0.2) is 0 Å². The maximum Gasteiger partial charge on any atom is 0.302 e. The fourth-order valence-electron chi connectivity index (χ4n) is 1.79. The van der Waals surface area contributed by atoms with Crippen molar-refractivity contribution in [3.8, 4) is 0 Å². The number of carbonyl (C=O) groups excluding carboxylic acids is 1. The average molecular weight is 198 g/mol. The van der Waals surface area contributed by atoms with Crippen LogP contribution >= 0.6 is 0 Å². The SMILES string of the molecule is C=CCO[C@@H]1CCCC[C@H]1OC(C)=O. The number of rotatable bonds is 4. The second-order valence-electron chi connectivity index (χ2n) is 3.59. The lowest BCUT2D eigenvalue weighted by molar-refractivity contribution is -0.157. The van der Waals surface area contributed by atoms with E-state index in [9.17, 15) is 4.79 Å². The second-order valence-corrected chi connectivity index (χ2v) is 3.59. The van der Waals surface area contributed by atoms with Crippen molar-refractivity contribution in [2.24, 2.45) is 0 Å². The molecule has 1 aliphatic carbocycles. The first-order valence-electron chi connectivity index (χ1n) is 5.13. The highest BCUT2D eigenvalue weighted by Gasteiger charge is 2.27. The van der Waals surface area contributed by atoms with E-state index in [2.05, 4.69) is 6.58 Å². The Kier molecular flexibility index (Phi) is 4.66. The summed E-state index contributed by atoms with van der Waals surface area (Å²) in [5.41, 5.74) is 0. The minimum absolute atomic E-state index is 0.0544. The Bertz CT molecular complexity index is 201. The molecule has 1 saturated carbocycles. The fraction of sp³-hybridized carbons (Fsp3) is 0.727. The van der Waals surface area contributed by atoms with Crippen molar-refractivity contribution in [2.45, 2.75) is 44.8 Å². The van der Waals surface area contributed by atoms with Gasteiger partial charge in [0.05, 0.1) is 12.7 Å². The normalized spacial score (nSPS) is 26.9. The number of esters is 1. The lowest BCUT2D eigenvalue weighted by Gasteiger charge is -2.30. The van der Waals surface area contributed by atoms with Crippen molar-refractivity contribution in [3.63, 3.8) is 0 Å². The molecule has 0 saturated heterocycles. The van der Waals surface area contributed by atoms with Gasteiger partial charge in [-0.05, 0) is 19.3 Å². The van der Waals surface area contributed by atoms with Crippen molar-refractivity contribution >= 4 is 5.97 Å². The first kappa shape index (κ1) is 11.2. The Hall–Kier alpha value is -0.830. The zero-order valence-corrected chi connectivity index (χ0v) is 8.70. The minimum Gasteiger partial charge on any atom is -0.460 e. The van der Waals surface area contributed by atoms with E-state index in [4.69, 9.17) is 9.47 Å². The quantitative estimate of drug-likeness (QED) is 0.512. The molecule has 2 atom stereocenters. The fourth-order valence-corrected chi connectivity index (χ4v) is 1.79. The van der Waals surface area contributed by atoms with Crippen molar-refractivity contribution in [3.05, 3.63) is 12.7 Å². The van der Waals surface area contributed by atoms with Crippen LogP contribution in [0.2, 0.25) is 0 Å². The molecule has 0 bridgehead atoms. The van der Waals surface area contributed by atoms with E-state index in [1.54, 1.807) is 6.08 Å². The van der Waals surface area contributed by atoms with Gasteiger partial charge in [0.2, 0.25) is 0 Å². The summed E-state index contributed by atoms with van der Waals surface area (Å²) in [6.45, 7) is 5.57. The van der Waals surface area contributed by atoms with Crippen LogP contribution in [0.15, 0.2) is 12.7 Å². The van der Waals surface area contributed by atoms with E-state index >= 15 is 0 Å². The monoisotopic (exact) mass is 198 g/mol. The molecule has 0 heterocycles. The van der Waals surface area contributed by atoms with Gasteiger partial charge in [0.25, 0.3) is 0 Å². The van der Waals surface area contributed by atoms with E-state index in [0.717, 1.165) is 25.7 Å². The van der Waals surface area contributed by atoms with Crippen LogP contribution in [-0.4, -0.2) is 24.8 Å². The lowest BCUT2D eigenvalue weighted by Crippen LogP contribution is -2.36. The highest BCUT2D eigenvalue weighted by Crippen LogP contribution is 2.23. The summed E-state index contributed by atoms with van der Waals surface area (Å²) in [6, 6.07) is 0. The summed E-state index contributed by atoms with van der Waals surface area (Å²) < 4.78 is 10.8. The van der Waals surface area contributed by atoms with Crippen LogP contribution in [0.5, 0.6) is 0 Å². The van der Waals surface area contributed by atoms with E-state index in [-0.39, 0.29) is 18.2 Å². The third kappa shape index (κ3) is 3.50. The molecule has 0 N–H and O–H groups in total. The molecule has 1 fully saturated rings. The Morgan fingerprint density at radius 3 is 2.64 bits per heavy atom. The molecule has 0 aliphatic heterocycles. The van der Waals surface area contributed by atoms with Crippen LogP contribution in [0.3, 0.4) is 0 Å². The van der Waals surface area contributed by atoms with E-state index in [1.807, 2.05) is 0 Å². The van der Waals surface area contributed by atoms with Crippen LogP contribution in [0, 0.1) is 0 Å². The summed E-state index contributed by atoms with van der Waals surface area (Å²) in [5.74, 6) is -0.218. The molecule has 80 valence electrons. The topological polar surface area (TPSA) is 35.5 Å². The molecule has 3 nitrogen and oxygen atoms in total. The Morgan fingerprint density at radius 1 is 1.43 bits per heavy atom. The molecule has 3 heteroatoms. The van der Waals surface area contributed by atoms with E-state index in [0.29, 0.717) is 6.61 Å². The first-order chi connectivity index (χ1) is 6.74. The van der Waals surface area contributed by atoms with Crippen LogP contribution in [0.4, 0.5) is 0 Å². The van der Waals surface area contributed by atoms with Gasteiger partial charge in [0.15, 0.2) is 0 Å². The van der Waals surface area contributed by atoms with E-state index in [1.165, 1.54) is 6.92 Å². The molecule has 0 radical (unpaired) electrons. The predicted octanol–water partition coefficient (Wildman–Crippen LogP) is 2.06. The van der Waals surface area contributed by atoms with Gasteiger partial charge in [0, 0.05) is 6.92 Å². The molecule has 0 aromatic rings. The van der Waals surface area contributed by atoms with Gasteiger partial charge in [-0.1, -0.05) is 12.5 Å². The number of carbonyl (C=O) groups is 1. The van der Waals surface area contributed by atoms with Crippen LogP contribution in [0.1, 0.15) is 32.6 Å². The predicted molar refractivity (Wildman–Crippen MR) is 54.0 cm³/mol. The highest BCUT2D eigenvalue weighted by molar-refractivity contribution is 5.66. The Morgan fingerprint density at radius 2 is 2.07 bits per heavy atom. The van der Waals surface area contributed by atoms with Gasteiger partial charge >= 0.3 is 5.97 Å². The zero-order valence-electron chi connectivity index (χ0n) is 8.70. The Labute approximate surface area is 85.1 Å². The number of hydrogen-bond acceptors (Lipinski definition) is 3.